The zero-order valence-corrected chi connectivity index (χ0v) is 11.9. The molecule has 2 nitrogen and oxygen atoms in total. The van der Waals surface area contributed by atoms with Crippen molar-refractivity contribution < 1.29 is 13.9 Å². The van der Waals surface area contributed by atoms with Crippen molar-refractivity contribution in [2.75, 3.05) is 7.11 Å². The second-order valence-corrected chi connectivity index (χ2v) is 4.76. The predicted octanol–water partition coefficient (Wildman–Crippen LogP) is 3.99. The molecule has 0 bridgehead atoms. The second kappa shape index (κ2) is 6.84. The van der Waals surface area contributed by atoms with Gasteiger partial charge >= 0.3 is 0 Å². The lowest BCUT2D eigenvalue weighted by molar-refractivity contribution is 0.0989. The quantitative estimate of drug-likeness (QED) is 0.592. The molecule has 0 fully saturated rings. The molecule has 0 N–H and O–H groups in total. The molecular weight excluding hydrogens is 267 g/mol. The summed E-state index contributed by atoms with van der Waals surface area (Å²) in [7, 11) is 1.46. The maximum Gasteiger partial charge on any atom is 0.170 e. The Labute approximate surface area is 123 Å². The van der Waals surface area contributed by atoms with Crippen LogP contribution in [0.2, 0.25) is 0 Å². The summed E-state index contributed by atoms with van der Waals surface area (Å²) in [5.74, 6) is -0.396. The van der Waals surface area contributed by atoms with Crippen LogP contribution < -0.4 is 4.74 Å². The summed E-state index contributed by atoms with van der Waals surface area (Å²) in [6.07, 6.45) is 2.80. The van der Waals surface area contributed by atoms with Crippen LogP contribution in [0.4, 0.5) is 4.39 Å². The lowest BCUT2D eigenvalue weighted by Gasteiger charge is -2.06. The molecule has 0 spiro atoms. The van der Waals surface area contributed by atoms with E-state index < -0.39 is 5.82 Å². The number of carbonyl (C=O) groups excluding carboxylic acids is 1. The van der Waals surface area contributed by atoms with E-state index in [2.05, 4.69) is 6.58 Å². The number of ether oxygens (including phenoxy) is 1. The molecule has 2 rings (SSSR count). The molecular formula is C18H17FO2. The standard InChI is InChI=1S/C18H17FO2/c1-3-4-13-5-7-14(8-6-13)11-18(20)16-10-9-15(21-2)12-17(16)19/h3,5-10,12H,1,4,11H2,2H3. The van der Waals surface area contributed by atoms with Gasteiger partial charge in [0.1, 0.15) is 11.6 Å². The van der Waals surface area contributed by atoms with Gasteiger partial charge in [0, 0.05) is 12.5 Å². The summed E-state index contributed by atoms with van der Waals surface area (Å²) in [5.41, 5.74) is 2.09. The molecule has 3 heteroatoms. The Morgan fingerprint density at radius 1 is 1.19 bits per heavy atom. The van der Waals surface area contributed by atoms with Crippen LogP contribution in [0.25, 0.3) is 0 Å². The SMILES string of the molecule is C=CCc1ccc(CC(=O)c2ccc(OC)cc2F)cc1. The molecule has 0 saturated carbocycles. The summed E-state index contributed by atoms with van der Waals surface area (Å²) in [5, 5.41) is 0. The van der Waals surface area contributed by atoms with Crippen LogP contribution in [0, 0.1) is 5.82 Å². The molecule has 21 heavy (non-hydrogen) atoms. The minimum absolute atomic E-state index is 0.0889. The highest BCUT2D eigenvalue weighted by molar-refractivity contribution is 5.97. The lowest BCUT2D eigenvalue weighted by atomic mass is 10.0. The lowest BCUT2D eigenvalue weighted by Crippen LogP contribution is -2.06. The van der Waals surface area contributed by atoms with Crippen molar-refractivity contribution >= 4 is 5.78 Å². The zero-order chi connectivity index (χ0) is 15.2. The zero-order valence-electron chi connectivity index (χ0n) is 11.9. The Bertz CT molecular complexity index is 645. The molecule has 2 aromatic carbocycles. The number of halogens is 1. The predicted molar refractivity (Wildman–Crippen MR) is 81.3 cm³/mol. The van der Waals surface area contributed by atoms with Crippen molar-refractivity contribution in [2.24, 2.45) is 0 Å². The van der Waals surface area contributed by atoms with Crippen molar-refractivity contribution in [3.05, 3.63) is 77.6 Å². The molecule has 0 heterocycles. The van der Waals surface area contributed by atoms with Gasteiger partial charge in [-0.1, -0.05) is 30.3 Å². The minimum Gasteiger partial charge on any atom is -0.497 e. The maximum absolute atomic E-state index is 13.8. The Balaban J connectivity index is 2.12. The van der Waals surface area contributed by atoms with E-state index in [1.165, 1.54) is 19.2 Å². The first-order valence-electron chi connectivity index (χ1n) is 6.69. The third kappa shape index (κ3) is 3.78. The molecule has 0 aliphatic heterocycles. The largest absolute Gasteiger partial charge is 0.497 e. The smallest absolute Gasteiger partial charge is 0.170 e. The van der Waals surface area contributed by atoms with Crippen LogP contribution in [-0.4, -0.2) is 12.9 Å². The number of allylic oxidation sites excluding steroid dienone is 1. The number of hydrogen-bond acceptors (Lipinski definition) is 2. The van der Waals surface area contributed by atoms with Crippen LogP contribution in [0.1, 0.15) is 21.5 Å². The molecule has 0 atom stereocenters. The fraction of sp³-hybridized carbons (Fsp3) is 0.167. The van der Waals surface area contributed by atoms with E-state index >= 15 is 0 Å². The van der Waals surface area contributed by atoms with E-state index in [9.17, 15) is 9.18 Å². The molecule has 0 aliphatic rings. The van der Waals surface area contributed by atoms with Crippen molar-refractivity contribution in [3.8, 4) is 5.75 Å². The molecule has 0 amide bonds. The van der Waals surface area contributed by atoms with Gasteiger partial charge in [-0.25, -0.2) is 4.39 Å². The third-order valence-electron chi connectivity index (χ3n) is 3.24. The molecule has 0 aliphatic carbocycles. The fourth-order valence-electron chi connectivity index (χ4n) is 2.09. The average molecular weight is 284 g/mol. The highest BCUT2D eigenvalue weighted by atomic mass is 19.1. The Morgan fingerprint density at radius 3 is 2.43 bits per heavy atom. The second-order valence-electron chi connectivity index (χ2n) is 4.76. The number of hydrogen-bond donors (Lipinski definition) is 0. The molecule has 0 aromatic heterocycles. The van der Waals surface area contributed by atoms with Gasteiger partial charge in [0.25, 0.3) is 0 Å². The molecule has 108 valence electrons. The Morgan fingerprint density at radius 2 is 1.86 bits per heavy atom. The topological polar surface area (TPSA) is 26.3 Å². The van der Waals surface area contributed by atoms with Crippen LogP contribution >= 0.6 is 0 Å². The van der Waals surface area contributed by atoms with E-state index in [-0.39, 0.29) is 17.8 Å². The molecule has 2 aromatic rings. The molecule has 0 radical (unpaired) electrons. The van der Waals surface area contributed by atoms with Gasteiger partial charge in [-0.05, 0) is 29.7 Å². The van der Waals surface area contributed by atoms with E-state index in [1.807, 2.05) is 30.3 Å². The normalized spacial score (nSPS) is 10.2. The van der Waals surface area contributed by atoms with Gasteiger partial charge in [0.05, 0.1) is 12.7 Å². The molecule has 0 unspecified atom stereocenters. The highest BCUT2D eigenvalue weighted by Gasteiger charge is 2.13. The highest BCUT2D eigenvalue weighted by Crippen LogP contribution is 2.18. The van der Waals surface area contributed by atoms with E-state index in [4.69, 9.17) is 4.74 Å². The van der Waals surface area contributed by atoms with Gasteiger partial charge in [-0.2, -0.15) is 0 Å². The first-order chi connectivity index (χ1) is 10.1. The van der Waals surface area contributed by atoms with Crippen molar-refractivity contribution in [3.63, 3.8) is 0 Å². The third-order valence-corrected chi connectivity index (χ3v) is 3.24. The summed E-state index contributed by atoms with van der Waals surface area (Å²) in [6.45, 7) is 3.68. The fourth-order valence-corrected chi connectivity index (χ4v) is 2.09. The van der Waals surface area contributed by atoms with E-state index in [0.29, 0.717) is 5.75 Å². The van der Waals surface area contributed by atoms with Gasteiger partial charge in [0.2, 0.25) is 0 Å². The summed E-state index contributed by atoms with van der Waals surface area (Å²) in [4.78, 5) is 12.1. The summed E-state index contributed by atoms with van der Waals surface area (Å²) >= 11 is 0. The molecule has 0 saturated heterocycles. The summed E-state index contributed by atoms with van der Waals surface area (Å²) in [6, 6.07) is 12.0. The van der Waals surface area contributed by atoms with Gasteiger partial charge < -0.3 is 4.74 Å². The van der Waals surface area contributed by atoms with Crippen molar-refractivity contribution in [1.29, 1.82) is 0 Å². The maximum atomic E-state index is 13.8. The van der Waals surface area contributed by atoms with Gasteiger partial charge in [-0.3, -0.25) is 4.79 Å². The van der Waals surface area contributed by atoms with Crippen LogP contribution in [0.15, 0.2) is 55.1 Å². The first kappa shape index (κ1) is 15.0. The monoisotopic (exact) mass is 284 g/mol. The van der Waals surface area contributed by atoms with Gasteiger partial charge in [-0.15, -0.1) is 6.58 Å². The Hall–Kier alpha value is -2.42. The number of rotatable bonds is 6. The van der Waals surface area contributed by atoms with Crippen molar-refractivity contribution in [2.45, 2.75) is 12.8 Å². The van der Waals surface area contributed by atoms with Gasteiger partial charge in [0.15, 0.2) is 5.78 Å². The first-order valence-corrected chi connectivity index (χ1v) is 6.69. The average Bonchev–Trinajstić information content (AvgIpc) is 2.49. The number of methoxy groups -OCH3 is 1. The minimum atomic E-state index is -0.553. The van der Waals surface area contributed by atoms with E-state index in [1.54, 1.807) is 6.07 Å². The number of benzene rings is 2. The number of ketones is 1. The van der Waals surface area contributed by atoms with Crippen LogP contribution in [0.3, 0.4) is 0 Å². The Kier molecular flexibility index (Phi) is 4.88. The van der Waals surface area contributed by atoms with Crippen LogP contribution in [-0.2, 0) is 12.8 Å². The number of Topliss-reactive ketones (excluding diaryl/α,β-unsaturated/α-hetero) is 1. The van der Waals surface area contributed by atoms with Crippen LogP contribution in [0.5, 0.6) is 5.75 Å². The summed E-state index contributed by atoms with van der Waals surface area (Å²) < 4.78 is 18.8. The van der Waals surface area contributed by atoms with E-state index in [0.717, 1.165) is 17.5 Å². The van der Waals surface area contributed by atoms with Crippen molar-refractivity contribution in [1.82, 2.24) is 0 Å². The number of carbonyl (C=O) groups is 1.